The highest BCUT2D eigenvalue weighted by atomic mass is 16.5. The predicted molar refractivity (Wildman–Crippen MR) is 132 cm³/mol. The summed E-state index contributed by atoms with van der Waals surface area (Å²) in [6.07, 6.45) is 1.70. The van der Waals surface area contributed by atoms with Crippen molar-refractivity contribution in [2.45, 2.75) is 24.9 Å². The third kappa shape index (κ3) is 4.39. The van der Waals surface area contributed by atoms with Crippen LogP contribution in [0.25, 0.3) is 11.0 Å². The maximum atomic E-state index is 5.88. The Balaban J connectivity index is 1.21. The Labute approximate surface area is 198 Å². The second-order valence-electron chi connectivity index (χ2n) is 8.62. The van der Waals surface area contributed by atoms with Gasteiger partial charge in [-0.25, -0.2) is 20.0 Å². The van der Waals surface area contributed by atoms with Crippen LogP contribution in [0.1, 0.15) is 22.5 Å². The van der Waals surface area contributed by atoms with Crippen LogP contribution in [0.2, 0.25) is 0 Å². The summed E-state index contributed by atoms with van der Waals surface area (Å²) in [5, 5.41) is 0.950. The highest BCUT2D eigenvalue weighted by Gasteiger charge is 2.23. The van der Waals surface area contributed by atoms with Crippen LogP contribution >= 0.6 is 0 Å². The van der Waals surface area contributed by atoms with E-state index in [1.54, 1.807) is 0 Å². The molecule has 6 nitrogen and oxygen atoms in total. The second-order valence-corrected chi connectivity index (χ2v) is 8.62. The lowest BCUT2D eigenvalue weighted by Crippen LogP contribution is -2.10. The molecule has 34 heavy (non-hydrogen) atoms. The first-order chi connectivity index (χ1) is 16.8. The fourth-order valence-corrected chi connectivity index (χ4v) is 4.33. The SMILES string of the molecule is c1ccc(C[C@H]2COC(c3ccc4ccc(C5=N[C@@H](Cc6ccccc6)CO5)nc4n3)=N2)cc1. The molecule has 4 heterocycles. The van der Waals surface area contributed by atoms with Crippen LogP contribution in [0, 0.1) is 0 Å². The van der Waals surface area contributed by atoms with Crippen LogP contribution in [0.15, 0.2) is 94.9 Å². The molecule has 2 aromatic heterocycles. The lowest BCUT2D eigenvalue weighted by molar-refractivity contribution is 0.316. The Morgan fingerprint density at radius 3 is 1.53 bits per heavy atom. The average Bonchev–Trinajstić information content (AvgIpc) is 3.55. The minimum Gasteiger partial charge on any atom is -0.474 e. The number of rotatable bonds is 6. The largest absolute Gasteiger partial charge is 0.474 e. The van der Waals surface area contributed by atoms with Crippen molar-refractivity contribution in [1.82, 2.24) is 9.97 Å². The highest BCUT2D eigenvalue weighted by molar-refractivity contribution is 5.97. The standard InChI is InChI=1S/C28H24N4O2/c1-3-7-19(8-4-1)15-22-17-33-27(29-22)24-13-11-21-12-14-25(32-26(21)31-24)28-30-23(18-34-28)16-20-9-5-2-6-10-20/h1-14,22-23H,15-18H2/t22-,23-/m0/s1. The van der Waals surface area contributed by atoms with E-state index in [0.717, 1.165) is 18.2 Å². The molecule has 6 heteroatoms. The van der Waals surface area contributed by atoms with Crippen molar-refractivity contribution in [3.8, 4) is 0 Å². The third-order valence-corrected chi connectivity index (χ3v) is 6.04. The van der Waals surface area contributed by atoms with Gasteiger partial charge in [0.2, 0.25) is 11.8 Å². The molecule has 0 saturated heterocycles. The molecule has 168 valence electrons. The fourth-order valence-electron chi connectivity index (χ4n) is 4.33. The first kappa shape index (κ1) is 20.5. The van der Waals surface area contributed by atoms with Crippen LogP contribution in [0.5, 0.6) is 0 Å². The molecule has 4 aromatic rings. The molecule has 2 aromatic carbocycles. The summed E-state index contributed by atoms with van der Waals surface area (Å²) in [5.74, 6) is 1.15. The predicted octanol–water partition coefficient (Wildman–Crippen LogP) is 4.41. The fraction of sp³-hybridized carbons (Fsp3) is 0.214. The van der Waals surface area contributed by atoms with E-state index >= 15 is 0 Å². The number of aromatic nitrogens is 2. The lowest BCUT2D eigenvalue weighted by Gasteiger charge is -2.05. The van der Waals surface area contributed by atoms with E-state index in [2.05, 4.69) is 24.3 Å². The zero-order valence-corrected chi connectivity index (χ0v) is 18.7. The molecule has 2 atom stereocenters. The molecule has 0 aliphatic carbocycles. The van der Waals surface area contributed by atoms with Crippen LogP contribution in [0.4, 0.5) is 0 Å². The molecule has 6 rings (SSSR count). The van der Waals surface area contributed by atoms with Gasteiger partial charge in [-0.1, -0.05) is 60.7 Å². The number of pyridine rings is 2. The number of hydrogen-bond acceptors (Lipinski definition) is 6. The summed E-state index contributed by atoms with van der Waals surface area (Å²) in [7, 11) is 0. The lowest BCUT2D eigenvalue weighted by atomic mass is 10.1. The van der Waals surface area contributed by atoms with E-state index in [1.807, 2.05) is 60.7 Å². The topological polar surface area (TPSA) is 69.0 Å². The summed E-state index contributed by atoms with van der Waals surface area (Å²) < 4.78 is 11.8. The highest BCUT2D eigenvalue weighted by Crippen LogP contribution is 2.20. The summed E-state index contributed by atoms with van der Waals surface area (Å²) >= 11 is 0. The zero-order valence-electron chi connectivity index (χ0n) is 18.7. The minimum atomic E-state index is 0.0944. The van der Waals surface area contributed by atoms with Crippen LogP contribution in [-0.4, -0.2) is 47.1 Å². The normalized spacial score (nSPS) is 19.4. The zero-order chi connectivity index (χ0) is 22.7. The van der Waals surface area contributed by atoms with Gasteiger partial charge in [0.25, 0.3) is 0 Å². The van der Waals surface area contributed by atoms with E-state index in [4.69, 9.17) is 29.4 Å². The van der Waals surface area contributed by atoms with Crippen LogP contribution in [-0.2, 0) is 22.3 Å². The molecule has 0 amide bonds. The molecule has 0 spiro atoms. The number of aliphatic imine (C=N–C) groups is 2. The molecule has 2 aliphatic heterocycles. The van der Waals surface area contributed by atoms with Crippen LogP contribution < -0.4 is 0 Å². The quantitative estimate of drug-likeness (QED) is 0.438. The van der Waals surface area contributed by atoms with Crippen molar-refractivity contribution in [2.75, 3.05) is 13.2 Å². The van der Waals surface area contributed by atoms with Crippen molar-refractivity contribution in [2.24, 2.45) is 9.98 Å². The van der Waals surface area contributed by atoms with Crippen molar-refractivity contribution in [3.63, 3.8) is 0 Å². The van der Waals surface area contributed by atoms with Gasteiger partial charge in [-0.3, -0.25) is 0 Å². The molecule has 0 fully saturated rings. The van der Waals surface area contributed by atoms with E-state index < -0.39 is 0 Å². The van der Waals surface area contributed by atoms with E-state index in [1.165, 1.54) is 11.1 Å². The Bertz CT molecular complexity index is 1270. The maximum absolute atomic E-state index is 5.88. The first-order valence-electron chi connectivity index (χ1n) is 11.6. The number of benzene rings is 2. The molecule has 0 unspecified atom stereocenters. The van der Waals surface area contributed by atoms with Gasteiger partial charge >= 0.3 is 0 Å². The van der Waals surface area contributed by atoms with Gasteiger partial charge < -0.3 is 9.47 Å². The Hall–Kier alpha value is -4.06. The molecule has 0 radical (unpaired) electrons. The summed E-state index contributed by atoms with van der Waals surface area (Å²) in [6, 6.07) is 28.8. The third-order valence-electron chi connectivity index (χ3n) is 6.04. The molecular formula is C28H24N4O2. The first-order valence-corrected chi connectivity index (χ1v) is 11.6. The van der Waals surface area contributed by atoms with Gasteiger partial charge in [-0.2, -0.15) is 0 Å². The van der Waals surface area contributed by atoms with Gasteiger partial charge in [-0.15, -0.1) is 0 Å². The molecular weight excluding hydrogens is 424 g/mol. The molecule has 2 aliphatic rings. The van der Waals surface area contributed by atoms with Gasteiger partial charge in [0.05, 0.1) is 12.1 Å². The van der Waals surface area contributed by atoms with Crippen LogP contribution in [0.3, 0.4) is 0 Å². The Kier molecular flexibility index (Phi) is 5.47. The number of ether oxygens (including phenoxy) is 2. The Morgan fingerprint density at radius 2 is 1.06 bits per heavy atom. The smallest absolute Gasteiger partial charge is 0.235 e. The van der Waals surface area contributed by atoms with Crippen molar-refractivity contribution >= 4 is 22.8 Å². The molecule has 0 saturated carbocycles. The van der Waals surface area contributed by atoms with Gasteiger partial charge in [-0.05, 0) is 48.2 Å². The van der Waals surface area contributed by atoms with E-state index in [0.29, 0.717) is 42.0 Å². The van der Waals surface area contributed by atoms with E-state index in [-0.39, 0.29) is 12.1 Å². The molecule has 0 bridgehead atoms. The number of fused-ring (bicyclic) bond motifs is 1. The Morgan fingerprint density at radius 1 is 0.588 bits per heavy atom. The van der Waals surface area contributed by atoms with Gasteiger partial charge in [0.1, 0.15) is 24.6 Å². The minimum absolute atomic E-state index is 0.0944. The average molecular weight is 449 g/mol. The summed E-state index contributed by atoms with van der Waals surface area (Å²) in [5.41, 5.74) is 4.53. The number of hydrogen-bond donors (Lipinski definition) is 0. The summed E-state index contributed by atoms with van der Waals surface area (Å²) in [6.45, 7) is 1.12. The molecule has 0 N–H and O–H groups in total. The van der Waals surface area contributed by atoms with Crippen molar-refractivity contribution < 1.29 is 9.47 Å². The van der Waals surface area contributed by atoms with E-state index in [9.17, 15) is 0 Å². The van der Waals surface area contributed by atoms with Gasteiger partial charge in [0.15, 0.2) is 5.65 Å². The monoisotopic (exact) mass is 448 g/mol. The van der Waals surface area contributed by atoms with Crippen molar-refractivity contribution in [3.05, 3.63) is 107 Å². The van der Waals surface area contributed by atoms with Crippen molar-refractivity contribution in [1.29, 1.82) is 0 Å². The maximum Gasteiger partial charge on any atom is 0.235 e. The second kappa shape index (κ2) is 9.06. The van der Waals surface area contributed by atoms with Gasteiger partial charge in [0, 0.05) is 5.39 Å². The number of nitrogens with zero attached hydrogens (tertiary/aromatic N) is 4. The summed E-state index contributed by atoms with van der Waals surface area (Å²) in [4.78, 5) is 19.0.